The highest BCUT2D eigenvalue weighted by Gasteiger charge is 2.14. The van der Waals surface area contributed by atoms with Crippen molar-refractivity contribution in [3.8, 4) is 0 Å². The van der Waals surface area contributed by atoms with Crippen LogP contribution in [0.5, 0.6) is 0 Å². The minimum atomic E-state index is 0.0284. The lowest BCUT2D eigenvalue weighted by Crippen LogP contribution is -2.30. The van der Waals surface area contributed by atoms with E-state index in [0.717, 1.165) is 23.1 Å². The van der Waals surface area contributed by atoms with Crippen LogP contribution < -0.4 is 0 Å². The smallest absolute Gasteiger partial charge is 0.254 e. The largest absolute Gasteiger partial charge is 0.342 e. The molecule has 18 heavy (non-hydrogen) atoms. The fourth-order valence-corrected chi connectivity index (χ4v) is 2.33. The lowest BCUT2D eigenvalue weighted by atomic mass is 10.2. The van der Waals surface area contributed by atoms with Crippen LogP contribution in [0.4, 0.5) is 0 Å². The molecule has 0 aliphatic heterocycles. The summed E-state index contributed by atoms with van der Waals surface area (Å²) < 4.78 is 0.932. The van der Waals surface area contributed by atoms with Gasteiger partial charge in [-0.25, -0.2) is 0 Å². The van der Waals surface area contributed by atoms with Crippen molar-refractivity contribution in [1.82, 2.24) is 9.80 Å². The molecule has 0 atom stereocenters. The van der Waals surface area contributed by atoms with Crippen molar-refractivity contribution >= 4 is 40.1 Å². The summed E-state index contributed by atoms with van der Waals surface area (Å²) in [6, 6.07) is 5.39. The van der Waals surface area contributed by atoms with E-state index in [1.807, 2.05) is 27.2 Å². The van der Waals surface area contributed by atoms with Crippen molar-refractivity contribution in [2.75, 3.05) is 34.2 Å². The van der Waals surface area contributed by atoms with E-state index < -0.39 is 0 Å². The van der Waals surface area contributed by atoms with Gasteiger partial charge >= 0.3 is 0 Å². The third-order valence-electron chi connectivity index (χ3n) is 2.60. The van der Waals surface area contributed by atoms with Gasteiger partial charge in [0.25, 0.3) is 5.91 Å². The molecule has 100 valence electrons. The Morgan fingerprint density at radius 1 is 1.28 bits per heavy atom. The Morgan fingerprint density at radius 3 is 2.56 bits per heavy atom. The number of nitrogens with zero attached hydrogens (tertiary/aromatic N) is 2. The van der Waals surface area contributed by atoms with E-state index in [-0.39, 0.29) is 5.91 Å². The second kappa shape index (κ2) is 7.31. The van der Waals surface area contributed by atoms with Gasteiger partial charge in [0.2, 0.25) is 0 Å². The Hall–Kier alpha value is -0.330. The molecule has 0 spiro atoms. The molecule has 0 heterocycles. The van der Waals surface area contributed by atoms with Crippen molar-refractivity contribution in [3.63, 3.8) is 0 Å². The van der Waals surface area contributed by atoms with E-state index >= 15 is 0 Å². The van der Waals surface area contributed by atoms with E-state index in [2.05, 4.69) is 27.5 Å². The fourth-order valence-electron chi connectivity index (χ4n) is 1.59. The van der Waals surface area contributed by atoms with Gasteiger partial charge in [-0.2, -0.15) is 0 Å². The molecule has 0 N–H and O–H groups in total. The summed E-state index contributed by atoms with van der Waals surface area (Å²) in [7, 11) is 5.89. The summed E-state index contributed by atoms with van der Waals surface area (Å²) >= 11 is 8.09. The maximum Gasteiger partial charge on any atom is 0.254 e. The molecule has 0 aromatic heterocycles. The number of hydrogen-bond acceptors (Lipinski definition) is 2. The molecule has 0 bridgehead atoms. The summed E-state index contributed by atoms with van der Waals surface area (Å²) in [5, 5.41) is 0.598. The number of benzene rings is 1. The van der Waals surface area contributed by atoms with Crippen LogP contribution in [0.1, 0.15) is 16.8 Å². The first-order chi connectivity index (χ1) is 8.41. The van der Waals surface area contributed by atoms with E-state index in [1.165, 1.54) is 0 Å². The molecule has 0 fully saturated rings. The van der Waals surface area contributed by atoms with Gasteiger partial charge < -0.3 is 9.80 Å². The van der Waals surface area contributed by atoms with Crippen LogP contribution in [0.2, 0.25) is 5.02 Å². The Kier molecular flexibility index (Phi) is 6.38. The molecule has 1 aromatic rings. The SMILES string of the molecule is CN(C)CCCN(C)C(=O)c1cc(Cl)ccc1I. The maximum atomic E-state index is 12.2. The van der Waals surface area contributed by atoms with Crippen molar-refractivity contribution in [3.05, 3.63) is 32.4 Å². The standard InChI is InChI=1S/C13H18ClIN2O/c1-16(2)7-4-8-17(3)13(18)11-9-10(14)5-6-12(11)15/h5-6,9H,4,7-8H2,1-3H3. The highest BCUT2D eigenvalue weighted by Crippen LogP contribution is 2.19. The topological polar surface area (TPSA) is 23.6 Å². The number of amides is 1. The van der Waals surface area contributed by atoms with Crippen molar-refractivity contribution < 1.29 is 4.79 Å². The second-order valence-corrected chi connectivity index (χ2v) is 6.11. The summed E-state index contributed by atoms with van der Waals surface area (Å²) in [6.07, 6.45) is 0.965. The minimum Gasteiger partial charge on any atom is -0.342 e. The molecule has 3 nitrogen and oxygen atoms in total. The van der Waals surface area contributed by atoms with Gasteiger partial charge in [0.15, 0.2) is 0 Å². The van der Waals surface area contributed by atoms with Crippen LogP contribution in [0.15, 0.2) is 18.2 Å². The van der Waals surface area contributed by atoms with Gasteiger partial charge in [-0.1, -0.05) is 11.6 Å². The zero-order valence-electron chi connectivity index (χ0n) is 10.9. The Bertz CT molecular complexity index is 423. The zero-order chi connectivity index (χ0) is 13.7. The third-order valence-corrected chi connectivity index (χ3v) is 3.78. The van der Waals surface area contributed by atoms with Gasteiger partial charge in [0.1, 0.15) is 0 Å². The Labute approximate surface area is 127 Å². The molecule has 0 saturated carbocycles. The molecular formula is C13H18ClIN2O. The highest BCUT2D eigenvalue weighted by molar-refractivity contribution is 14.1. The van der Waals surface area contributed by atoms with E-state index in [9.17, 15) is 4.79 Å². The molecular weight excluding hydrogens is 363 g/mol. The number of carbonyl (C=O) groups is 1. The van der Waals surface area contributed by atoms with Gasteiger partial charge in [0.05, 0.1) is 5.56 Å². The lowest BCUT2D eigenvalue weighted by Gasteiger charge is -2.19. The van der Waals surface area contributed by atoms with E-state index in [0.29, 0.717) is 10.6 Å². The van der Waals surface area contributed by atoms with Gasteiger partial charge in [-0.05, 0) is 67.9 Å². The van der Waals surface area contributed by atoms with Gasteiger partial charge in [0, 0.05) is 22.2 Å². The highest BCUT2D eigenvalue weighted by atomic mass is 127. The third kappa shape index (κ3) is 4.74. The molecule has 1 rings (SSSR count). The first kappa shape index (κ1) is 15.7. The number of halogens is 2. The molecule has 5 heteroatoms. The predicted molar refractivity (Wildman–Crippen MR) is 84.3 cm³/mol. The van der Waals surface area contributed by atoms with Crippen LogP contribution in [-0.2, 0) is 0 Å². The van der Waals surface area contributed by atoms with Crippen LogP contribution in [0.25, 0.3) is 0 Å². The van der Waals surface area contributed by atoms with Gasteiger partial charge in [-0.3, -0.25) is 4.79 Å². The maximum absolute atomic E-state index is 12.2. The Morgan fingerprint density at radius 2 is 1.94 bits per heavy atom. The first-order valence-electron chi connectivity index (χ1n) is 5.77. The normalized spacial score (nSPS) is 10.8. The van der Waals surface area contributed by atoms with E-state index in [4.69, 9.17) is 11.6 Å². The van der Waals surface area contributed by atoms with Crippen LogP contribution >= 0.6 is 34.2 Å². The van der Waals surface area contributed by atoms with Crippen molar-refractivity contribution in [1.29, 1.82) is 0 Å². The number of hydrogen-bond donors (Lipinski definition) is 0. The van der Waals surface area contributed by atoms with Gasteiger partial charge in [-0.15, -0.1) is 0 Å². The molecule has 0 aliphatic rings. The average Bonchev–Trinajstić information content (AvgIpc) is 2.30. The summed E-state index contributed by atoms with van der Waals surface area (Å²) in [6.45, 7) is 1.73. The molecule has 0 radical (unpaired) electrons. The van der Waals surface area contributed by atoms with Crippen LogP contribution in [-0.4, -0.2) is 49.9 Å². The molecule has 0 aliphatic carbocycles. The van der Waals surface area contributed by atoms with E-state index in [1.54, 1.807) is 17.0 Å². The van der Waals surface area contributed by atoms with Crippen molar-refractivity contribution in [2.45, 2.75) is 6.42 Å². The summed E-state index contributed by atoms with van der Waals surface area (Å²) in [5.74, 6) is 0.0284. The summed E-state index contributed by atoms with van der Waals surface area (Å²) in [4.78, 5) is 16.1. The lowest BCUT2D eigenvalue weighted by molar-refractivity contribution is 0.0789. The average molecular weight is 381 g/mol. The number of carbonyl (C=O) groups excluding carboxylic acids is 1. The minimum absolute atomic E-state index is 0.0284. The van der Waals surface area contributed by atoms with Crippen LogP contribution in [0, 0.1) is 3.57 Å². The summed E-state index contributed by atoms with van der Waals surface area (Å²) in [5.41, 5.74) is 0.676. The van der Waals surface area contributed by atoms with Crippen molar-refractivity contribution in [2.24, 2.45) is 0 Å². The molecule has 0 saturated heterocycles. The van der Waals surface area contributed by atoms with Crippen LogP contribution in [0.3, 0.4) is 0 Å². The second-order valence-electron chi connectivity index (χ2n) is 4.51. The monoisotopic (exact) mass is 380 g/mol. The molecule has 1 amide bonds. The Balaban J connectivity index is 2.65. The predicted octanol–water partition coefficient (Wildman–Crippen LogP) is 2.97. The fraction of sp³-hybridized carbons (Fsp3) is 0.462. The molecule has 0 unspecified atom stereocenters. The quantitative estimate of drug-likeness (QED) is 0.733. The first-order valence-corrected chi connectivity index (χ1v) is 7.22. The number of rotatable bonds is 5. The zero-order valence-corrected chi connectivity index (χ0v) is 13.8. The molecule has 1 aromatic carbocycles.